The molecule has 0 radical (unpaired) electrons. The van der Waals surface area contributed by atoms with Crippen molar-refractivity contribution in [2.45, 2.75) is 40.2 Å². The van der Waals surface area contributed by atoms with E-state index in [-0.39, 0.29) is 0 Å². The number of halogens is 1. The SMILES string of the molecule is CCNCc1oc2c(C)ccc(Br)c2c1C(C)C. The Bertz CT molecular complexity index is 557. The van der Waals surface area contributed by atoms with Gasteiger partial charge in [-0.05, 0) is 31.0 Å². The van der Waals surface area contributed by atoms with Gasteiger partial charge in [0, 0.05) is 15.4 Å². The van der Waals surface area contributed by atoms with Crippen LogP contribution >= 0.6 is 15.9 Å². The van der Waals surface area contributed by atoms with Gasteiger partial charge in [0.15, 0.2) is 0 Å². The average molecular weight is 310 g/mol. The van der Waals surface area contributed by atoms with E-state index in [1.807, 2.05) is 0 Å². The summed E-state index contributed by atoms with van der Waals surface area (Å²) >= 11 is 3.65. The molecule has 18 heavy (non-hydrogen) atoms. The zero-order chi connectivity index (χ0) is 13.3. The molecule has 0 atom stereocenters. The van der Waals surface area contributed by atoms with Crippen molar-refractivity contribution in [3.05, 3.63) is 33.5 Å². The maximum absolute atomic E-state index is 6.08. The van der Waals surface area contributed by atoms with Gasteiger partial charge in [-0.3, -0.25) is 0 Å². The molecule has 2 aromatic rings. The molecule has 0 aliphatic rings. The molecule has 0 amide bonds. The van der Waals surface area contributed by atoms with Crippen LogP contribution in [0, 0.1) is 6.92 Å². The molecule has 0 bridgehead atoms. The van der Waals surface area contributed by atoms with Crippen LogP contribution in [0.1, 0.15) is 43.6 Å². The highest BCUT2D eigenvalue weighted by Gasteiger charge is 2.19. The lowest BCUT2D eigenvalue weighted by molar-refractivity contribution is 0.509. The first-order chi connectivity index (χ1) is 8.56. The molecule has 0 spiro atoms. The van der Waals surface area contributed by atoms with Crippen LogP contribution in [0.15, 0.2) is 21.0 Å². The van der Waals surface area contributed by atoms with Crippen LogP contribution in [-0.2, 0) is 6.54 Å². The van der Waals surface area contributed by atoms with Crippen LogP contribution < -0.4 is 5.32 Å². The van der Waals surface area contributed by atoms with Gasteiger partial charge in [-0.2, -0.15) is 0 Å². The third kappa shape index (κ3) is 2.34. The molecule has 3 heteroatoms. The Kier molecular flexibility index (Phi) is 4.13. The summed E-state index contributed by atoms with van der Waals surface area (Å²) in [5, 5.41) is 4.58. The number of hydrogen-bond donors (Lipinski definition) is 1. The molecule has 2 rings (SSSR count). The number of benzene rings is 1. The van der Waals surface area contributed by atoms with Gasteiger partial charge in [0.05, 0.1) is 6.54 Å². The largest absolute Gasteiger partial charge is 0.459 e. The highest BCUT2D eigenvalue weighted by molar-refractivity contribution is 9.10. The van der Waals surface area contributed by atoms with E-state index >= 15 is 0 Å². The Morgan fingerprint density at radius 2 is 2.06 bits per heavy atom. The summed E-state index contributed by atoms with van der Waals surface area (Å²) in [5.41, 5.74) is 3.53. The second kappa shape index (κ2) is 5.45. The van der Waals surface area contributed by atoms with Crippen LogP contribution in [0.25, 0.3) is 11.0 Å². The number of nitrogens with one attached hydrogen (secondary N) is 1. The lowest BCUT2D eigenvalue weighted by atomic mass is 9.98. The Labute approximate surface area is 117 Å². The van der Waals surface area contributed by atoms with Crippen molar-refractivity contribution in [3.63, 3.8) is 0 Å². The van der Waals surface area contributed by atoms with Gasteiger partial charge >= 0.3 is 0 Å². The zero-order valence-electron chi connectivity index (χ0n) is 11.4. The molecule has 0 saturated heterocycles. The Balaban J connectivity index is 2.67. The van der Waals surface area contributed by atoms with Gasteiger partial charge in [-0.15, -0.1) is 0 Å². The normalized spacial score (nSPS) is 11.7. The van der Waals surface area contributed by atoms with E-state index in [0.717, 1.165) is 28.9 Å². The number of fused-ring (bicyclic) bond motifs is 1. The number of hydrogen-bond acceptors (Lipinski definition) is 2. The minimum Gasteiger partial charge on any atom is -0.459 e. The lowest BCUT2D eigenvalue weighted by Gasteiger charge is -2.07. The van der Waals surface area contributed by atoms with Crippen molar-refractivity contribution in [1.29, 1.82) is 0 Å². The van der Waals surface area contributed by atoms with E-state index in [9.17, 15) is 0 Å². The smallest absolute Gasteiger partial charge is 0.138 e. The Morgan fingerprint density at radius 1 is 1.33 bits per heavy atom. The summed E-state index contributed by atoms with van der Waals surface area (Å²) in [7, 11) is 0. The molecular formula is C15H20BrNO. The fourth-order valence-electron chi connectivity index (χ4n) is 2.34. The molecule has 0 unspecified atom stereocenters. The molecule has 0 aliphatic carbocycles. The maximum atomic E-state index is 6.08. The standard InChI is InChI=1S/C15H20BrNO/c1-5-17-8-12-13(9(2)3)14-11(16)7-6-10(4)15(14)18-12/h6-7,9,17H,5,8H2,1-4H3. The Morgan fingerprint density at radius 3 is 2.67 bits per heavy atom. The fourth-order valence-corrected chi connectivity index (χ4v) is 2.87. The van der Waals surface area contributed by atoms with Crippen molar-refractivity contribution in [2.75, 3.05) is 6.54 Å². The second-order valence-corrected chi connectivity index (χ2v) is 5.80. The quantitative estimate of drug-likeness (QED) is 0.882. The van der Waals surface area contributed by atoms with E-state index in [4.69, 9.17) is 4.42 Å². The van der Waals surface area contributed by atoms with Gasteiger partial charge in [0.2, 0.25) is 0 Å². The van der Waals surface area contributed by atoms with Crippen LogP contribution in [-0.4, -0.2) is 6.54 Å². The molecular weight excluding hydrogens is 290 g/mol. The van der Waals surface area contributed by atoms with E-state index in [1.165, 1.54) is 16.5 Å². The molecule has 1 N–H and O–H groups in total. The van der Waals surface area contributed by atoms with Crippen molar-refractivity contribution in [3.8, 4) is 0 Å². The minimum atomic E-state index is 0.456. The maximum Gasteiger partial charge on any atom is 0.138 e. The summed E-state index contributed by atoms with van der Waals surface area (Å²) in [5.74, 6) is 1.52. The highest BCUT2D eigenvalue weighted by Crippen LogP contribution is 2.38. The van der Waals surface area contributed by atoms with Gasteiger partial charge in [0.1, 0.15) is 11.3 Å². The molecule has 1 heterocycles. The summed E-state index contributed by atoms with van der Waals surface area (Å²) in [4.78, 5) is 0. The van der Waals surface area contributed by atoms with Crippen LogP contribution in [0.5, 0.6) is 0 Å². The molecule has 98 valence electrons. The minimum absolute atomic E-state index is 0.456. The third-order valence-electron chi connectivity index (χ3n) is 3.21. The summed E-state index contributed by atoms with van der Waals surface area (Å²) in [6, 6.07) is 4.20. The van der Waals surface area contributed by atoms with Crippen molar-refractivity contribution in [1.82, 2.24) is 5.32 Å². The molecule has 0 saturated carbocycles. The van der Waals surface area contributed by atoms with Crippen LogP contribution in [0.2, 0.25) is 0 Å². The van der Waals surface area contributed by atoms with Crippen LogP contribution in [0.3, 0.4) is 0 Å². The molecule has 1 aromatic heterocycles. The Hall–Kier alpha value is -0.800. The lowest BCUT2D eigenvalue weighted by Crippen LogP contribution is -2.12. The summed E-state index contributed by atoms with van der Waals surface area (Å²) < 4.78 is 7.21. The molecule has 2 nitrogen and oxygen atoms in total. The predicted molar refractivity (Wildman–Crippen MR) is 80.1 cm³/mol. The van der Waals surface area contributed by atoms with Gasteiger partial charge < -0.3 is 9.73 Å². The van der Waals surface area contributed by atoms with E-state index in [1.54, 1.807) is 0 Å². The van der Waals surface area contributed by atoms with E-state index in [2.05, 4.69) is 61.1 Å². The highest BCUT2D eigenvalue weighted by atomic mass is 79.9. The van der Waals surface area contributed by atoms with Gasteiger partial charge in [-0.1, -0.05) is 42.8 Å². The molecule has 1 aromatic carbocycles. The molecule has 0 fully saturated rings. The summed E-state index contributed by atoms with van der Waals surface area (Å²) in [6.07, 6.45) is 0. The van der Waals surface area contributed by atoms with Crippen molar-refractivity contribution >= 4 is 26.9 Å². The van der Waals surface area contributed by atoms with Crippen molar-refractivity contribution in [2.24, 2.45) is 0 Å². The first-order valence-electron chi connectivity index (χ1n) is 6.47. The fraction of sp³-hybridized carbons (Fsp3) is 0.467. The van der Waals surface area contributed by atoms with Gasteiger partial charge in [0.25, 0.3) is 0 Å². The topological polar surface area (TPSA) is 25.2 Å². The van der Waals surface area contributed by atoms with E-state index in [0.29, 0.717) is 5.92 Å². The average Bonchev–Trinajstić information content (AvgIpc) is 2.72. The number of aryl methyl sites for hydroxylation is 1. The third-order valence-corrected chi connectivity index (χ3v) is 3.87. The monoisotopic (exact) mass is 309 g/mol. The second-order valence-electron chi connectivity index (χ2n) is 4.94. The van der Waals surface area contributed by atoms with Gasteiger partial charge in [-0.25, -0.2) is 0 Å². The number of furan rings is 1. The van der Waals surface area contributed by atoms with Crippen molar-refractivity contribution < 1.29 is 4.42 Å². The first-order valence-corrected chi connectivity index (χ1v) is 7.26. The molecule has 0 aliphatic heterocycles. The zero-order valence-corrected chi connectivity index (χ0v) is 13.0. The number of rotatable bonds is 4. The van der Waals surface area contributed by atoms with Crippen LogP contribution in [0.4, 0.5) is 0 Å². The predicted octanol–water partition coefficient (Wildman–Crippen LogP) is 4.74. The van der Waals surface area contributed by atoms with E-state index < -0.39 is 0 Å². The summed E-state index contributed by atoms with van der Waals surface area (Å²) in [6.45, 7) is 10.4. The first kappa shape index (κ1) is 13.6.